The van der Waals surface area contributed by atoms with E-state index in [9.17, 15) is 5.11 Å². The summed E-state index contributed by atoms with van der Waals surface area (Å²) >= 11 is 0. The van der Waals surface area contributed by atoms with Crippen molar-refractivity contribution in [1.29, 1.82) is 0 Å². The molecule has 2 rings (SSSR count). The number of phenols is 1. The minimum atomic E-state index is -0.380. The Kier molecular flexibility index (Phi) is 3.26. The molecule has 1 heterocycles. The first-order chi connectivity index (χ1) is 8.32. The van der Waals surface area contributed by atoms with E-state index < -0.39 is 0 Å². The first-order valence-corrected chi connectivity index (χ1v) is 6.14. The molecule has 4 heteroatoms. The van der Waals surface area contributed by atoms with Crippen LogP contribution in [0.3, 0.4) is 0 Å². The Morgan fingerprint density at radius 2 is 1.61 bits per heavy atom. The summed E-state index contributed by atoms with van der Waals surface area (Å²) in [6, 6.07) is 7.17. The number of para-hydroxylation sites is 1. The first-order valence-electron chi connectivity index (χ1n) is 6.14. The summed E-state index contributed by atoms with van der Waals surface area (Å²) in [6.07, 6.45) is 1.82. The van der Waals surface area contributed by atoms with Crippen molar-refractivity contribution in [2.75, 3.05) is 0 Å². The smallest absolute Gasteiger partial charge is 0.487 e. The second kappa shape index (κ2) is 4.45. The van der Waals surface area contributed by atoms with Gasteiger partial charge in [0, 0.05) is 5.56 Å². The molecule has 1 aliphatic heterocycles. The van der Waals surface area contributed by atoms with E-state index in [1.165, 1.54) is 0 Å². The van der Waals surface area contributed by atoms with Gasteiger partial charge in [-0.05, 0) is 33.8 Å². The highest BCUT2D eigenvalue weighted by atomic mass is 16.7. The quantitative estimate of drug-likeness (QED) is 0.815. The van der Waals surface area contributed by atoms with Crippen LogP contribution < -0.4 is 0 Å². The van der Waals surface area contributed by atoms with Crippen LogP contribution in [-0.2, 0) is 9.31 Å². The second-order valence-electron chi connectivity index (χ2n) is 5.54. The highest BCUT2D eigenvalue weighted by Crippen LogP contribution is 2.37. The van der Waals surface area contributed by atoms with Gasteiger partial charge in [-0.2, -0.15) is 0 Å². The normalized spacial score (nSPS) is 21.7. The Hall–Kier alpha value is -1.26. The lowest BCUT2D eigenvalue weighted by molar-refractivity contribution is 0.00578. The van der Waals surface area contributed by atoms with Crippen LogP contribution in [0.5, 0.6) is 5.75 Å². The molecule has 0 spiro atoms. The fraction of sp³-hybridized carbons (Fsp3) is 0.429. The average molecular weight is 246 g/mol. The van der Waals surface area contributed by atoms with Crippen molar-refractivity contribution in [3.05, 3.63) is 35.8 Å². The molecule has 1 aromatic carbocycles. The van der Waals surface area contributed by atoms with Crippen molar-refractivity contribution in [3.63, 3.8) is 0 Å². The van der Waals surface area contributed by atoms with Gasteiger partial charge in [0.2, 0.25) is 0 Å². The summed E-state index contributed by atoms with van der Waals surface area (Å²) in [5.41, 5.74) is 0.0915. The lowest BCUT2D eigenvalue weighted by Crippen LogP contribution is -2.41. The van der Waals surface area contributed by atoms with Gasteiger partial charge in [0.25, 0.3) is 0 Å². The molecule has 3 nitrogen and oxygen atoms in total. The zero-order valence-corrected chi connectivity index (χ0v) is 11.3. The van der Waals surface area contributed by atoms with Crippen LogP contribution in [0.15, 0.2) is 30.2 Å². The van der Waals surface area contributed by atoms with E-state index in [4.69, 9.17) is 9.31 Å². The first kappa shape index (κ1) is 13.2. The summed E-state index contributed by atoms with van der Waals surface area (Å²) < 4.78 is 11.7. The van der Waals surface area contributed by atoms with E-state index in [0.717, 1.165) is 5.56 Å². The SMILES string of the molecule is CC1(C)OB(/C=C/c2ccccc2O)OC1(C)C. The zero-order valence-electron chi connectivity index (χ0n) is 11.3. The molecule has 0 amide bonds. The summed E-state index contributed by atoms with van der Waals surface area (Å²) in [7, 11) is -0.380. The summed E-state index contributed by atoms with van der Waals surface area (Å²) in [5.74, 6) is 2.08. The molecule has 0 aliphatic carbocycles. The third kappa shape index (κ3) is 2.45. The van der Waals surface area contributed by atoms with E-state index in [1.54, 1.807) is 12.1 Å². The highest BCUT2D eigenvalue weighted by molar-refractivity contribution is 6.52. The van der Waals surface area contributed by atoms with E-state index >= 15 is 0 Å². The summed E-state index contributed by atoms with van der Waals surface area (Å²) in [6.45, 7) is 8.06. The maximum Gasteiger partial charge on any atom is 0.487 e. The molecule has 1 fully saturated rings. The summed E-state index contributed by atoms with van der Waals surface area (Å²) in [5, 5.41) is 9.66. The Balaban J connectivity index is 2.11. The highest BCUT2D eigenvalue weighted by Gasteiger charge is 2.49. The zero-order chi connectivity index (χ0) is 13.4. The molecule has 0 saturated carbocycles. The number of phenolic OH excluding ortho intramolecular Hbond substituents is 1. The van der Waals surface area contributed by atoms with Crippen molar-refractivity contribution in [3.8, 4) is 5.75 Å². The Bertz CT molecular complexity index is 450. The molecule has 1 N–H and O–H groups in total. The van der Waals surface area contributed by atoms with Crippen LogP contribution >= 0.6 is 0 Å². The number of benzene rings is 1. The van der Waals surface area contributed by atoms with Gasteiger partial charge in [0.05, 0.1) is 11.2 Å². The number of aromatic hydroxyl groups is 1. The fourth-order valence-corrected chi connectivity index (χ4v) is 1.78. The van der Waals surface area contributed by atoms with Crippen molar-refractivity contribution in [2.45, 2.75) is 38.9 Å². The molecule has 0 atom stereocenters. The lowest BCUT2D eigenvalue weighted by atomic mass is 9.89. The molecule has 0 radical (unpaired) electrons. The van der Waals surface area contributed by atoms with Crippen LogP contribution in [0.4, 0.5) is 0 Å². The maximum atomic E-state index is 9.66. The molecular formula is C14H19BO3. The molecule has 0 unspecified atom stereocenters. The molecule has 96 valence electrons. The van der Waals surface area contributed by atoms with E-state index in [2.05, 4.69) is 0 Å². The van der Waals surface area contributed by atoms with E-state index in [-0.39, 0.29) is 24.1 Å². The van der Waals surface area contributed by atoms with E-state index in [0.29, 0.717) is 0 Å². The number of hydrogen-bond donors (Lipinski definition) is 1. The lowest BCUT2D eigenvalue weighted by Gasteiger charge is -2.32. The molecule has 0 aromatic heterocycles. The van der Waals surface area contributed by atoms with Crippen LogP contribution in [0, 0.1) is 0 Å². The van der Waals surface area contributed by atoms with Crippen molar-refractivity contribution < 1.29 is 14.4 Å². The summed E-state index contributed by atoms with van der Waals surface area (Å²) in [4.78, 5) is 0. The van der Waals surface area contributed by atoms with Gasteiger partial charge in [0.15, 0.2) is 0 Å². The van der Waals surface area contributed by atoms with Gasteiger partial charge < -0.3 is 14.4 Å². The van der Waals surface area contributed by atoms with Gasteiger partial charge in [-0.3, -0.25) is 0 Å². The number of rotatable bonds is 2. The van der Waals surface area contributed by atoms with Crippen LogP contribution in [0.1, 0.15) is 33.3 Å². The second-order valence-corrected chi connectivity index (χ2v) is 5.54. The van der Waals surface area contributed by atoms with Crippen LogP contribution in [0.2, 0.25) is 0 Å². The van der Waals surface area contributed by atoms with Crippen molar-refractivity contribution in [2.24, 2.45) is 0 Å². The maximum absolute atomic E-state index is 9.66. The molecule has 0 bridgehead atoms. The monoisotopic (exact) mass is 246 g/mol. The Morgan fingerprint density at radius 1 is 1.06 bits per heavy atom. The van der Waals surface area contributed by atoms with E-state index in [1.807, 2.05) is 51.9 Å². The molecular weight excluding hydrogens is 227 g/mol. The topological polar surface area (TPSA) is 38.7 Å². The van der Waals surface area contributed by atoms with Crippen LogP contribution in [0.25, 0.3) is 6.08 Å². The van der Waals surface area contributed by atoms with Gasteiger partial charge in [0.1, 0.15) is 5.75 Å². The predicted octanol–water partition coefficient (Wildman–Crippen LogP) is 3.04. The largest absolute Gasteiger partial charge is 0.507 e. The third-order valence-corrected chi connectivity index (χ3v) is 3.64. The van der Waals surface area contributed by atoms with Gasteiger partial charge in [-0.25, -0.2) is 0 Å². The number of hydrogen-bond acceptors (Lipinski definition) is 3. The third-order valence-electron chi connectivity index (χ3n) is 3.64. The molecule has 1 aromatic rings. The standard InChI is InChI=1S/C14H19BO3/c1-13(2)14(3,4)18-15(17-13)10-9-11-7-5-6-8-12(11)16/h5-10,16H,1-4H3/b10-9+. The Labute approximate surface area is 109 Å². The molecule has 1 aliphatic rings. The Morgan fingerprint density at radius 3 is 2.17 bits per heavy atom. The van der Waals surface area contributed by atoms with Crippen LogP contribution in [-0.4, -0.2) is 23.4 Å². The fourth-order valence-electron chi connectivity index (χ4n) is 1.78. The minimum absolute atomic E-state index is 0.255. The average Bonchev–Trinajstić information content (AvgIpc) is 2.46. The van der Waals surface area contributed by atoms with Crippen molar-refractivity contribution >= 4 is 13.2 Å². The van der Waals surface area contributed by atoms with Crippen molar-refractivity contribution in [1.82, 2.24) is 0 Å². The van der Waals surface area contributed by atoms with Gasteiger partial charge in [-0.15, -0.1) is 0 Å². The predicted molar refractivity (Wildman–Crippen MR) is 73.2 cm³/mol. The van der Waals surface area contributed by atoms with Gasteiger partial charge in [-0.1, -0.05) is 30.3 Å². The molecule has 18 heavy (non-hydrogen) atoms. The molecule has 1 saturated heterocycles. The minimum Gasteiger partial charge on any atom is -0.507 e. The van der Waals surface area contributed by atoms with Gasteiger partial charge >= 0.3 is 7.12 Å².